The van der Waals surface area contributed by atoms with Crippen molar-refractivity contribution in [2.75, 3.05) is 24.2 Å². The van der Waals surface area contributed by atoms with E-state index < -0.39 is 0 Å². The number of thioether (sulfide) groups is 1. The second-order valence-corrected chi connectivity index (χ2v) is 5.75. The smallest absolute Gasteiger partial charge is 0.172 e. The van der Waals surface area contributed by atoms with Gasteiger partial charge in [0.25, 0.3) is 0 Å². The molecule has 0 aliphatic carbocycles. The first-order valence-electron chi connectivity index (χ1n) is 6.68. The van der Waals surface area contributed by atoms with E-state index >= 15 is 0 Å². The van der Waals surface area contributed by atoms with Gasteiger partial charge < -0.3 is 15.8 Å². The van der Waals surface area contributed by atoms with Crippen molar-refractivity contribution in [3.05, 3.63) is 60.2 Å². The van der Waals surface area contributed by atoms with Crippen LogP contribution >= 0.6 is 11.8 Å². The Morgan fingerprint density at radius 3 is 2.52 bits per heavy atom. The number of oxime groups is 1. The van der Waals surface area contributed by atoms with Gasteiger partial charge in [-0.1, -0.05) is 35.5 Å². The molecule has 3 N–H and O–H groups in total. The van der Waals surface area contributed by atoms with Crippen molar-refractivity contribution >= 4 is 23.3 Å². The van der Waals surface area contributed by atoms with E-state index in [1.54, 1.807) is 0 Å². The van der Waals surface area contributed by atoms with Crippen LogP contribution in [-0.2, 0) is 0 Å². The highest BCUT2D eigenvalue weighted by molar-refractivity contribution is 7.99. The zero-order valence-electron chi connectivity index (χ0n) is 11.9. The lowest BCUT2D eigenvalue weighted by atomic mass is 10.1. The largest absolute Gasteiger partial charge is 0.409 e. The molecule has 0 fully saturated rings. The van der Waals surface area contributed by atoms with Crippen LogP contribution in [0.1, 0.15) is 5.56 Å². The summed E-state index contributed by atoms with van der Waals surface area (Å²) in [4.78, 5) is 3.37. The molecule has 0 aliphatic heterocycles. The molecule has 0 aromatic heterocycles. The molecule has 0 atom stereocenters. The van der Waals surface area contributed by atoms with Crippen LogP contribution < -0.4 is 10.6 Å². The molecule has 0 saturated heterocycles. The highest BCUT2D eigenvalue weighted by Gasteiger charge is 2.10. The molecule has 110 valence electrons. The number of nitrogens with two attached hydrogens (primary N) is 1. The summed E-state index contributed by atoms with van der Waals surface area (Å²) in [6.45, 7) is 0.870. The van der Waals surface area contributed by atoms with Crippen LogP contribution in [0.2, 0.25) is 0 Å². The molecule has 4 nitrogen and oxygen atoms in total. The number of nitrogens with zero attached hydrogens (tertiary/aromatic N) is 2. The third kappa shape index (κ3) is 4.16. The van der Waals surface area contributed by atoms with Gasteiger partial charge in [0.05, 0.1) is 0 Å². The Balaban J connectivity index is 1.99. The first kappa shape index (κ1) is 15.3. The average molecular weight is 301 g/mol. The first-order chi connectivity index (χ1) is 10.2. The second kappa shape index (κ2) is 7.59. The van der Waals surface area contributed by atoms with Gasteiger partial charge >= 0.3 is 0 Å². The number of hydrogen-bond acceptors (Lipinski definition) is 4. The fourth-order valence-corrected chi connectivity index (χ4v) is 2.97. The van der Waals surface area contributed by atoms with Crippen molar-refractivity contribution in [3.8, 4) is 0 Å². The van der Waals surface area contributed by atoms with Crippen LogP contribution in [-0.4, -0.2) is 30.4 Å². The van der Waals surface area contributed by atoms with Gasteiger partial charge in [-0.2, -0.15) is 0 Å². The summed E-state index contributed by atoms with van der Waals surface area (Å²) in [6, 6.07) is 18.0. The summed E-state index contributed by atoms with van der Waals surface area (Å²) in [5, 5.41) is 12.0. The molecule has 0 aliphatic rings. The summed E-state index contributed by atoms with van der Waals surface area (Å²) in [5.41, 5.74) is 7.42. The Morgan fingerprint density at radius 2 is 1.81 bits per heavy atom. The molecule has 0 bridgehead atoms. The maximum absolute atomic E-state index is 8.86. The Kier molecular flexibility index (Phi) is 5.51. The normalized spacial score (nSPS) is 11.4. The van der Waals surface area contributed by atoms with E-state index in [2.05, 4.69) is 22.2 Å². The fraction of sp³-hybridized carbons (Fsp3) is 0.188. The Bertz CT molecular complexity index is 601. The lowest BCUT2D eigenvalue weighted by molar-refractivity contribution is 0.318. The minimum Gasteiger partial charge on any atom is -0.409 e. The molecule has 0 saturated carbocycles. The van der Waals surface area contributed by atoms with Crippen molar-refractivity contribution in [3.63, 3.8) is 0 Å². The minimum absolute atomic E-state index is 0.133. The maximum atomic E-state index is 8.86. The number of hydrogen-bond donors (Lipinski definition) is 2. The van der Waals surface area contributed by atoms with Crippen LogP contribution in [0, 0.1) is 0 Å². The molecule has 0 spiro atoms. The van der Waals surface area contributed by atoms with Crippen LogP contribution in [0.15, 0.2) is 64.6 Å². The number of rotatable bonds is 6. The SMILES string of the molecule is CN(CCSc1ccccc1)c1ccccc1/C(N)=N/O. The third-order valence-electron chi connectivity index (χ3n) is 3.14. The number of anilines is 1. The molecule has 2 aromatic carbocycles. The van der Waals surface area contributed by atoms with Gasteiger partial charge in [-0.05, 0) is 24.3 Å². The average Bonchev–Trinajstić information content (AvgIpc) is 2.55. The van der Waals surface area contributed by atoms with Crippen molar-refractivity contribution in [1.29, 1.82) is 0 Å². The third-order valence-corrected chi connectivity index (χ3v) is 4.13. The summed E-state index contributed by atoms with van der Waals surface area (Å²) in [7, 11) is 2.01. The van der Waals surface area contributed by atoms with Gasteiger partial charge in [-0.15, -0.1) is 11.8 Å². The van der Waals surface area contributed by atoms with Gasteiger partial charge in [0.2, 0.25) is 0 Å². The van der Waals surface area contributed by atoms with Gasteiger partial charge in [0.1, 0.15) is 0 Å². The first-order valence-corrected chi connectivity index (χ1v) is 7.67. The molecule has 5 heteroatoms. The zero-order chi connectivity index (χ0) is 15.1. The van der Waals surface area contributed by atoms with Crippen LogP contribution in [0.25, 0.3) is 0 Å². The topological polar surface area (TPSA) is 61.8 Å². The van der Waals surface area contributed by atoms with Crippen molar-refractivity contribution in [2.45, 2.75) is 4.90 Å². The molecule has 2 rings (SSSR count). The molecule has 0 radical (unpaired) electrons. The summed E-state index contributed by atoms with van der Waals surface area (Å²) in [5.74, 6) is 1.10. The van der Waals surface area contributed by atoms with Crippen LogP contribution in [0.4, 0.5) is 5.69 Å². The van der Waals surface area contributed by atoms with E-state index in [1.807, 2.05) is 61.3 Å². The maximum Gasteiger partial charge on any atom is 0.172 e. The quantitative estimate of drug-likeness (QED) is 0.283. The summed E-state index contributed by atoms with van der Waals surface area (Å²) in [6.07, 6.45) is 0. The molecule has 0 amide bonds. The predicted molar refractivity (Wildman–Crippen MR) is 89.4 cm³/mol. The van der Waals surface area contributed by atoms with E-state index in [0.29, 0.717) is 0 Å². The van der Waals surface area contributed by atoms with Crippen molar-refractivity contribution < 1.29 is 5.21 Å². The monoisotopic (exact) mass is 301 g/mol. The number of para-hydroxylation sites is 1. The summed E-state index contributed by atoms with van der Waals surface area (Å²) >= 11 is 1.81. The summed E-state index contributed by atoms with van der Waals surface area (Å²) < 4.78 is 0. The van der Waals surface area contributed by atoms with Crippen molar-refractivity contribution in [1.82, 2.24) is 0 Å². The van der Waals surface area contributed by atoms with Gasteiger partial charge in [0.15, 0.2) is 5.84 Å². The molecular formula is C16H19N3OS. The van der Waals surface area contributed by atoms with E-state index in [0.717, 1.165) is 23.5 Å². The fourth-order valence-electron chi connectivity index (χ4n) is 2.01. The number of amidine groups is 1. The van der Waals surface area contributed by atoms with Gasteiger partial charge in [-0.3, -0.25) is 0 Å². The standard InChI is InChI=1S/C16H19N3OS/c1-19(11-12-21-13-7-3-2-4-8-13)15-10-6-5-9-14(15)16(17)18-20/h2-10,20H,11-12H2,1H3,(H2,17,18). The Labute approximate surface area is 129 Å². The lowest BCUT2D eigenvalue weighted by Crippen LogP contribution is -2.24. The highest BCUT2D eigenvalue weighted by Crippen LogP contribution is 2.21. The molecule has 2 aromatic rings. The predicted octanol–water partition coefficient (Wildman–Crippen LogP) is 3.01. The zero-order valence-corrected chi connectivity index (χ0v) is 12.8. The molecule has 21 heavy (non-hydrogen) atoms. The van der Waals surface area contributed by atoms with Crippen molar-refractivity contribution in [2.24, 2.45) is 10.9 Å². The minimum atomic E-state index is 0.133. The molecule has 0 unspecified atom stereocenters. The van der Waals surface area contributed by atoms with E-state index in [9.17, 15) is 0 Å². The van der Waals surface area contributed by atoms with Gasteiger partial charge in [-0.25, -0.2) is 0 Å². The van der Waals surface area contributed by atoms with E-state index in [-0.39, 0.29) is 5.84 Å². The Hall–Kier alpha value is -2.14. The van der Waals surface area contributed by atoms with Gasteiger partial charge in [0, 0.05) is 35.5 Å². The second-order valence-electron chi connectivity index (χ2n) is 4.59. The Morgan fingerprint density at radius 1 is 1.14 bits per heavy atom. The van der Waals surface area contributed by atoms with E-state index in [1.165, 1.54) is 4.90 Å². The molecule has 0 heterocycles. The number of benzene rings is 2. The lowest BCUT2D eigenvalue weighted by Gasteiger charge is -2.21. The van der Waals surface area contributed by atoms with E-state index in [4.69, 9.17) is 10.9 Å². The van der Waals surface area contributed by atoms with Crippen LogP contribution in [0.5, 0.6) is 0 Å². The van der Waals surface area contributed by atoms with Crippen LogP contribution in [0.3, 0.4) is 0 Å². The molecular weight excluding hydrogens is 282 g/mol. The highest BCUT2D eigenvalue weighted by atomic mass is 32.2.